The van der Waals surface area contributed by atoms with Gasteiger partial charge in [-0.2, -0.15) is 4.98 Å². The van der Waals surface area contributed by atoms with Gasteiger partial charge in [-0.1, -0.05) is 42.8 Å². The van der Waals surface area contributed by atoms with Crippen LogP contribution in [0.3, 0.4) is 0 Å². The van der Waals surface area contributed by atoms with Crippen LogP contribution in [0.5, 0.6) is 0 Å². The van der Waals surface area contributed by atoms with Crippen LogP contribution in [0.1, 0.15) is 25.7 Å². The molecule has 108 valence electrons. The number of rotatable bonds is 5. The number of para-hydroxylation sites is 1. The molecule has 0 aliphatic rings. The lowest BCUT2D eigenvalue weighted by molar-refractivity contribution is 0.152. The van der Waals surface area contributed by atoms with Gasteiger partial charge in [0, 0.05) is 5.39 Å². The standard InChI is InChI=1S/C16H17N3O2/c1-2-5-12(20)10-15-18-16(19-21-15)14-9-8-11-6-3-4-7-13(11)17-14/h3-4,6-9,12,20H,2,5,10H2,1H3. The van der Waals surface area contributed by atoms with E-state index in [0.29, 0.717) is 23.8 Å². The summed E-state index contributed by atoms with van der Waals surface area (Å²) in [5, 5.41) is 14.8. The zero-order valence-corrected chi connectivity index (χ0v) is 11.9. The lowest BCUT2D eigenvalue weighted by Gasteiger charge is -2.03. The van der Waals surface area contributed by atoms with Gasteiger partial charge in [-0.05, 0) is 18.6 Å². The van der Waals surface area contributed by atoms with E-state index in [1.165, 1.54) is 0 Å². The summed E-state index contributed by atoms with van der Waals surface area (Å²) in [6.45, 7) is 2.03. The van der Waals surface area contributed by atoms with Crippen LogP contribution in [0.2, 0.25) is 0 Å². The molecule has 1 aromatic carbocycles. The molecular formula is C16H17N3O2. The third-order valence-electron chi connectivity index (χ3n) is 3.33. The Morgan fingerprint density at radius 1 is 1.14 bits per heavy atom. The molecule has 0 aliphatic heterocycles. The summed E-state index contributed by atoms with van der Waals surface area (Å²) < 4.78 is 5.19. The maximum Gasteiger partial charge on any atom is 0.229 e. The summed E-state index contributed by atoms with van der Waals surface area (Å²) in [5.41, 5.74) is 1.57. The van der Waals surface area contributed by atoms with E-state index in [1.807, 2.05) is 43.3 Å². The molecule has 1 N–H and O–H groups in total. The van der Waals surface area contributed by atoms with Crippen LogP contribution in [0.15, 0.2) is 40.9 Å². The summed E-state index contributed by atoms with van der Waals surface area (Å²) in [6, 6.07) is 11.7. The quantitative estimate of drug-likeness (QED) is 0.779. The molecule has 5 nitrogen and oxygen atoms in total. The molecule has 1 unspecified atom stereocenters. The first-order chi connectivity index (χ1) is 10.3. The van der Waals surface area contributed by atoms with Crippen LogP contribution in [0, 0.1) is 0 Å². The molecule has 0 aliphatic carbocycles. The molecule has 0 saturated carbocycles. The van der Waals surface area contributed by atoms with Crippen LogP contribution >= 0.6 is 0 Å². The van der Waals surface area contributed by atoms with Crippen LogP contribution in [0.4, 0.5) is 0 Å². The lowest BCUT2D eigenvalue weighted by atomic mass is 10.1. The number of fused-ring (bicyclic) bond motifs is 1. The van der Waals surface area contributed by atoms with Gasteiger partial charge >= 0.3 is 0 Å². The number of benzene rings is 1. The molecule has 0 bridgehead atoms. The Bertz CT molecular complexity index is 739. The fourth-order valence-corrected chi connectivity index (χ4v) is 2.27. The maximum absolute atomic E-state index is 9.78. The van der Waals surface area contributed by atoms with Crippen LogP contribution in [-0.4, -0.2) is 26.3 Å². The van der Waals surface area contributed by atoms with Crippen molar-refractivity contribution < 1.29 is 9.63 Å². The Morgan fingerprint density at radius 3 is 2.86 bits per heavy atom. The van der Waals surface area contributed by atoms with E-state index in [9.17, 15) is 5.11 Å². The van der Waals surface area contributed by atoms with E-state index >= 15 is 0 Å². The lowest BCUT2D eigenvalue weighted by Crippen LogP contribution is -2.09. The van der Waals surface area contributed by atoms with E-state index in [2.05, 4.69) is 15.1 Å². The van der Waals surface area contributed by atoms with Crippen molar-refractivity contribution in [3.63, 3.8) is 0 Å². The number of hydrogen-bond donors (Lipinski definition) is 1. The SMILES string of the molecule is CCCC(O)Cc1nc(-c2ccc3ccccc3n2)no1. The molecule has 2 heterocycles. The Labute approximate surface area is 122 Å². The Kier molecular flexibility index (Phi) is 3.92. The molecule has 0 fully saturated rings. The van der Waals surface area contributed by atoms with Gasteiger partial charge in [0.15, 0.2) is 0 Å². The maximum atomic E-state index is 9.78. The summed E-state index contributed by atoms with van der Waals surface area (Å²) >= 11 is 0. The molecule has 5 heteroatoms. The second-order valence-corrected chi connectivity index (χ2v) is 5.05. The third-order valence-corrected chi connectivity index (χ3v) is 3.33. The Balaban J connectivity index is 1.84. The van der Waals surface area contributed by atoms with Crippen LogP contribution < -0.4 is 0 Å². The van der Waals surface area contributed by atoms with Crippen LogP contribution in [-0.2, 0) is 6.42 Å². The van der Waals surface area contributed by atoms with E-state index in [1.54, 1.807) is 0 Å². The largest absolute Gasteiger partial charge is 0.393 e. The van der Waals surface area contributed by atoms with Crippen molar-refractivity contribution in [3.05, 3.63) is 42.3 Å². The van der Waals surface area contributed by atoms with Crippen molar-refractivity contribution >= 4 is 10.9 Å². The molecular weight excluding hydrogens is 266 g/mol. The summed E-state index contributed by atoms with van der Waals surface area (Å²) in [6.07, 6.45) is 1.60. The minimum Gasteiger partial charge on any atom is -0.393 e. The van der Waals surface area contributed by atoms with Crippen molar-refractivity contribution in [1.82, 2.24) is 15.1 Å². The van der Waals surface area contributed by atoms with Gasteiger partial charge in [-0.15, -0.1) is 0 Å². The Hall–Kier alpha value is -2.27. The summed E-state index contributed by atoms with van der Waals surface area (Å²) in [7, 11) is 0. The fraction of sp³-hybridized carbons (Fsp3) is 0.312. The van der Waals surface area contributed by atoms with Gasteiger partial charge in [-0.25, -0.2) is 4.98 Å². The highest BCUT2D eigenvalue weighted by Gasteiger charge is 2.13. The molecule has 0 saturated heterocycles. The minimum absolute atomic E-state index is 0.383. The molecule has 0 radical (unpaired) electrons. The van der Waals surface area contributed by atoms with Gasteiger partial charge in [0.05, 0.1) is 18.0 Å². The van der Waals surface area contributed by atoms with E-state index in [-0.39, 0.29) is 0 Å². The first-order valence-corrected chi connectivity index (χ1v) is 7.13. The molecule has 0 spiro atoms. The monoisotopic (exact) mass is 283 g/mol. The first-order valence-electron chi connectivity index (χ1n) is 7.13. The molecule has 21 heavy (non-hydrogen) atoms. The highest BCUT2D eigenvalue weighted by Crippen LogP contribution is 2.19. The first kappa shape index (κ1) is 13.7. The molecule has 2 aromatic heterocycles. The summed E-state index contributed by atoms with van der Waals surface area (Å²) in [5.74, 6) is 0.903. The normalized spacial score (nSPS) is 12.7. The molecule has 3 aromatic rings. The average Bonchev–Trinajstić information content (AvgIpc) is 2.95. The number of aliphatic hydroxyl groups is 1. The predicted octanol–water partition coefficient (Wildman–Crippen LogP) is 2.99. The van der Waals surface area contributed by atoms with Gasteiger partial charge in [-0.3, -0.25) is 0 Å². The summed E-state index contributed by atoms with van der Waals surface area (Å²) in [4.78, 5) is 8.84. The predicted molar refractivity (Wildman–Crippen MR) is 79.7 cm³/mol. The van der Waals surface area contributed by atoms with E-state index < -0.39 is 6.10 Å². The third kappa shape index (κ3) is 3.08. The van der Waals surface area contributed by atoms with Crippen molar-refractivity contribution in [2.75, 3.05) is 0 Å². The van der Waals surface area contributed by atoms with E-state index in [4.69, 9.17) is 4.52 Å². The number of pyridine rings is 1. The Morgan fingerprint density at radius 2 is 2.00 bits per heavy atom. The fourth-order valence-electron chi connectivity index (χ4n) is 2.27. The van der Waals surface area contributed by atoms with Gasteiger partial charge in [0.25, 0.3) is 0 Å². The van der Waals surface area contributed by atoms with Crippen molar-refractivity contribution in [3.8, 4) is 11.5 Å². The molecule has 1 atom stereocenters. The van der Waals surface area contributed by atoms with Gasteiger partial charge in [0.1, 0.15) is 5.69 Å². The topological polar surface area (TPSA) is 72.0 Å². The number of nitrogens with zero attached hydrogens (tertiary/aromatic N) is 3. The average molecular weight is 283 g/mol. The van der Waals surface area contributed by atoms with E-state index in [0.717, 1.165) is 23.7 Å². The minimum atomic E-state index is -0.437. The van der Waals surface area contributed by atoms with Crippen molar-refractivity contribution in [2.24, 2.45) is 0 Å². The zero-order chi connectivity index (χ0) is 14.7. The number of hydrogen-bond acceptors (Lipinski definition) is 5. The van der Waals surface area contributed by atoms with Gasteiger partial charge in [0.2, 0.25) is 11.7 Å². The smallest absolute Gasteiger partial charge is 0.229 e. The number of aromatic nitrogens is 3. The molecule has 0 amide bonds. The van der Waals surface area contributed by atoms with Crippen molar-refractivity contribution in [1.29, 1.82) is 0 Å². The second kappa shape index (κ2) is 6.01. The van der Waals surface area contributed by atoms with Crippen LogP contribution in [0.25, 0.3) is 22.4 Å². The molecule has 3 rings (SSSR count). The number of aliphatic hydroxyl groups excluding tert-OH is 1. The second-order valence-electron chi connectivity index (χ2n) is 5.05. The highest BCUT2D eigenvalue weighted by molar-refractivity contribution is 5.80. The highest BCUT2D eigenvalue weighted by atomic mass is 16.5. The van der Waals surface area contributed by atoms with Gasteiger partial charge < -0.3 is 9.63 Å². The zero-order valence-electron chi connectivity index (χ0n) is 11.9. The van der Waals surface area contributed by atoms with Crippen molar-refractivity contribution in [2.45, 2.75) is 32.3 Å².